The molecule has 1 aromatic heterocycles. The predicted octanol–water partition coefficient (Wildman–Crippen LogP) is 2.55. The number of nitrogens with zero attached hydrogens (tertiary/aromatic N) is 1. The molecule has 2 rings (SSSR count). The van der Waals surface area contributed by atoms with Crippen LogP contribution in [0.4, 0.5) is 0 Å². The van der Waals surface area contributed by atoms with Crippen molar-refractivity contribution >= 4 is 17.5 Å². The van der Waals surface area contributed by atoms with Crippen molar-refractivity contribution in [1.82, 2.24) is 10.3 Å². The molecule has 0 unspecified atom stereocenters. The third-order valence-corrected chi connectivity index (χ3v) is 3.80. The maximum absolute atomic E-state index is 11.9. The SMILES string of the molecule is O=C(NCC1(O)CCCCCC1)c1ccc(Cl)cn1. The van der Waals surface area contributed by atoms with Crippen molar-refractivity contribution in [2.75, 3.05) is 6.54 Å². The Morgan fingerprint density at radius 2 is 2.00 bits per heavy atom. The van der Waals surface area contributed by atoms with E-state index in [-0.39, 0.29) is 12.5 Å². The fourth-order valence-electron chi connectivity index (χ4n) is 2.41. The lowest BCUT2D eigenvalue weighted by molar-refractivity contribution is 0.0246. The van der Waals surface area contributed by atoms with Crippen LogP contribution in [0.2, 0.25) is 5.02 Å². The Hall–Kier alpha value is -1.13. The Labute approximate surface area is 118 Å². The van der Waals surface area contributed by atoms with Crippen LogP contribution in [0.3, 0.4) is 0 Å². The molecule has 0 bridgehead atoms. The molecule has 1 aliphatic carbocycles. The van der Waals surface area contributed by atoms with E-state index in [0.717, 1.165) is 38.5 Å². The van der Waals surface area contributed by atoms with Crippen LogP contribution in [0, 0.1) is 0 Å². The van der Waals surface area contributed by atoms with Crippen molar-refractivity contribution in [3.8, 4) is 0 Å². The monoisotopic (exact) mass is 282 g/mol. The van der Waals surface area contributed by atoms with Gasteiger partial charge in [-0.25, -0.2) is 4.98 Å². The van der Waals surface area contributed by atoms with Crippen LogP contribution in [0.15, 0.2) is 18.3 Å². The maximum atomic E-state index is 11.9. The van der Waals surface area contributed by atoms with Gasteiger partial charge in [0.1, 0.15) is 5.69 Å². The highest BCUT2D eigenvalue weighted by molar-refractivity contribution is 6.30. The molecule has 1 aliphatic rings. The van der Waals surface area contributed by atoms with Crippen molar-refractivity contribution in [1.29, 1.82) is 0 Å². The summed E-state index contributed by atoms with van der Waals surface area (Å²) in [5.41, 5.74) is -0.444. The summed E-state index contributed by atoms with van der Waals surface area (Å²) >= 11 is 5.72. The highest BCUT2D eigenvalue weighted by atomic mass is 35.5. The Balaban J connectivity index is 1.90. The number of rotatable bonds is 3. The van der Waals surface area contributed by atoms with Crippen LogP contribution < -0.4 is 5.32 Å². The van der Waals surface area contributed by atoms with Crippen LogP contribution in [0.5, 0.6) is 0 Å². The molecule has 1 saturated carbocycles. The largest absolute Gasteiger partial charge is 0.388 e. The molecule has 19 heavy (non-hydrogen) atoms. The van der Waals surface area contributed by atoms with E-state index in [4.69, 9.17) is 11.6 Å². The zero-order chi connectivity index (χ0) is 13.7. The molecule has 1 aromatic rings. The van der Waals surface area contributed by atoms with Crippen LogP contribution >= 0.6 is 11.6 Å². The number of hydrogen-bond donors (Lipinski definition) is 2. The number of carbonyl (C=O) groups is 1. The summed E-state index contributed by atoms with van der Waals surface area (Å²) in [5.74, 6) is -0.269. The first-order valence-electron chi connectivity index (χ1n) is 6.71. The van der Waals surface area contributed by atoms with Crippen LogP contribution in [0.1, 0.15) is 49.0 Å². The molecule has 1 amide bonds. The van der Waals surface area contributed by atoms with Gasteiger partial charge in [0.15, 0.2) is 0 Å². The second-order valence-electron chi connectivity index (χ2n) is 5.18. The molecule has 0 aliphatic heterocycles. The zero-order valence-corrected chi connectivity index (χ0v) is 11.6. The van der Waals surface area contributed by atoms with E-state index >= 15 is 0 Å². The number of amides is 1. The van der Waals surface area contributed by atoms with Gasteiger partial charge in [0.2, 0.25) is 0 Å². The molecule has 0 aromatic carbocycles. The Kier molecular flexibility index (Phi) is 4.77. The second kappa shape index (κ2) is 6.35. The van der Waals surface area contributed by atoms with Crippen LogP contribution in [-0.4, -0.2) is 28.1 Å². The minimum Gasteiger partial charge on any atom is -0.388 e. The van der Waals surface area contributed by atoms with E-state index in [1.165, 1.54) is 6.20 Å². The lowest BCUT2D eigenvalue weighted by atomic mass is 9.94. The molecule has 104 valence electrons. The molecule has 0 radical (unpaired) electrons. The molecule has 4 nitrogen and oxygen atoms in total. The summed E-state index contributed by atoms with van der Waals surface area (Å²) < 4.78 is 0. The summed E-state index contributed by atoms with van der Waals surface area (Å²) in [6.07, 6.45) is 7.31. The minimum absolute atomic E-state index is 0.269. The number of aliphatic hydroxyl groups is 1. The van der Waals surface area contributed by atoms with Gasteiger partial charge in [-0.15, -0.1) is 0 Å². The average molecular weight is 283 g/mol. The lowest BCUT2D eigenvalue weighted by Crippen LogP contribution is -2.42. The molecular formula is C14H19ClN2O2. The molecular weight excluding hydrogens is 264 g/mol. The first-order valence-corrected chi connectivity index (χ1v) is 7.09. The quantitative estimate of drug-likeness (QED) is 0.838. The summed E-state index contributed by atoms with van der Waals surface area (Å²) in [7, 11) is 0. The van der Waals surface area contributed by atoms with E-state index in [9.17, 15) is 9.90 Å². The molecule has 0 atom stereocenters. The lowest BCUT2D eigenvalue weighted by Gasteiger charge is -2.26. The number of halogens is 1. The van der Waals surface area contributed by atoms with Gasteiger partial charge in [-0.3, -0.25) is 4.79 Å². The van der Waals surface area contributed by atoms with E-state index in [1.807, 2.05) is 0 Å². The van der Waals surface area contributed by atoms with Gasteiger partial charge in [-0.1, -0.05) is 37.3 Å². The van der Waals surface area contributed by atoms with Crippen molar-refractivity contribution in [2.45, 2.75) is 44.1 Å². The predicted molar refractivity (Wildman–Crippen MR) is 74.2 cm³/mol. The number of hydrogen-bond acceptors (Lipinski definition) is 3. The highest BCUT2D eigenvalue weighted by Crippen LogP contribution is 2.26. The standard InChI is InChI=1S/C14H19ClN2O2/c15-11-5-6-12(16-9-11)13(18)17-10-14(19)7-3-1-2-4-8-14/h5-6,9,19H,1-4,7-8,10H2,(H,17,18). The molecule has 2 N–H and O–H groups in total. The van der Waals surface area contributed by atoms with Crippen LogP contribution in [0.25, 0.3) is 0 Å². The van der Waals surface area contributed by atoms with Gasteiger partial charge in [0, 0.05) is 12.7 Å². The van der Waals surface area contributed by atoms with Gasteiger partial charge in [0.05, 0.1) is 10.6 Å². The first kappa shape index (κ1) is 14.3. The van der Waals surface area contributed by atoms with Gasteiger partial charge < -0.3 is 10.4 Å². The van der Waals surface area contributed by atoms with Crippen molar-refractivity contribution in [3.63, 3.8) is 0 Å². The highest BCUT2D eigenvalue weighted by Gasteiger charge is 2.28. The summed E-state index contributed by atoms with van der Waals surface area (Å²) in [5, 5.41) is 13.7. The average Bonchev–Trinajstić information content (AvgIpc) is 2.62. The van der Waals surface area contributed by atoms with Gasteiger partial charge in [-0.2, -0.15) is 0 Å². The topological polar surface area (TPSA) is 62.2 Å². The van der Waals surface area contributed by atoms with Crippen LogP contribution in [-0.2, 0) is 0 Å². The summed E-state index contributed by atoms with van der Waals surface area (Å²) in [4.78, 5) is 15.9. The van der Waals surface area contributed by atoms with E-state index in [0.29, 0.717) is 10.7 Å². The van der Waals surface area contributed by atoms with Crippen molar-refractivity contribution in [2.24, 2.45) is 0 Å². The molecule has 0 saturated heterocycles. The third kappa shape index (κ3) is 4.18. The molecule has 1 heterocycles. The van der Waals surface area contributed by atoms with Gasteiger partial charge >= 0.3 is 0 Å². The normalized spacial score (nSPS) is 18.6. The number of pyridine rings is 1. The Morgan fingerprint density at radius 3 is 2.58 bits per heavy atom. The number of aromatic nitrogens is 1. The molecule has 5 heteroatoms. The zero-order valence-electron chi connectivity index (χ0n) is 10.9. The van der Waals surface area contributed by atoms with Gasteiger partial charge in [-0.05, 0) is 25.0 Å². The fraction of sp³-hybridized carbons (Fsp3) is 0.571. The molecule has 1 fully saturated rings. The van der Waals surface area contributed by atoms with E-state index in [1.54, 1.807) is 12.1 Å². The van der Waals surface area contributed by atoms with Crippen molar-refractivity contribution < 1.29 is 9.90 Å². The van der Waals surface area contributed by atoms with Crippen molar-refractivity contribution in [3.05, 3.63) is 29.0 Å². The van der Waals surface area contributed by atoms with E-state index in [2.05, 4.69) is 10.3 Å². The minimum atomic E-state index is -0.765. The van der Waals surface area contributed by atoms with Gasteiger partial charge in [0.25, 0.3) is 5.91 Å². The maximum Gasteiger partial charge on any atom is 0.269 e. The van der Waals surface area contributed by atoms with E-state index < -0.39 is 5.60 Å². The third-order valence-electron chi connectivity index (χ3n) is 3.57. The first-order chi connectivity index (χ1) is 9.09. The Morgan fingerprint density at radius 1 is 1.32 bits per heavy atom. The smallest absolute Gasteiger partial charge is 0.269 e. The molecule has 0 spiro atoms. The summed E-state index contributed by atoms with van der Waals surface area (Å²) in [6.45, 7) is 0.288. The Bertz CT molecular complexity index is 426. The summed E-state index contributed by atoms with van der Waals surface area (Å²) in [6, 6.07) is 3.21. The second-order valence-corrected chi connectivity index (χ2v) is 5.62. The number of nitrogens with one attached hydrogen (secondary N) is 1. The fourth-order valence-corrected chi connectivity index (χ4v) is 2.52. The number of carbonyl (C=O) groups excluding carboxylic acids is 1.